The Hall–Kier alpha value is -2.01. The summed E-state index contributed by atoms with van der Waals surface area (Å²) in [6.45, 7) is 6.81. The summed E-state index contributed by atoms with van der Waals surface area (Å²) < 4.78 is 10.8. The van der Waals surface area contributed by atoms with Crippen LogP contribution in [0.2, 0.25) is 0 Å². The van der Waals surface area contributed by atoms with E-state index in [2.05, 4.69) is 11.9 Å². The van der Waals surface area contributed by atoms with Crippen molar-refractivity contribution in [1.82, 2.24) is 5.32 Å². The zero-order valence-corrected chi connectivity index (χ0v) is 11.0. The van der Waals surface area contributed by atoms with E-state index in [-0.39, 0.29) is 0 Å². The Morgan fingerprint density at radius 3 is 2.89 bits per heavy atom. The fourth-order valence-electron chi connectivity index (χ4n) is 1.58. The average Bonchev–Trinajstić information content (AvgIpc) is 2.38. The molecule has 0 aliphatic rings. The first-order valence-electron chi connectivity index (χ1n) is 6.10. The summed E-state index contributed by atoms with van der Waals surface area (Å²) in [6.07, 6.45) is 1.75. The number of benzene rings is 1. The van der Waals surface area contributed by atoms with Gasteiger partial charge in [-0.25, -0.2) is 4.79 Å². The summed E-state index contributed by atoms with van der Waals surface area (Å²) in [5.41, 5.74) is 0.856. The maximum Gasteiger partial charge on any atom is 0.341 e. The molecule has 19 heavy (non-hydrogen) atoms. The number of carboxylic acids is 1. The van der Waals surface area contributed by atoms with Gasteiger partial charge in [-0.3, -0.25) is 0 Å². The fraction of sp³-hybridized carbons (Fsp3) is 0.357. The Morgan fingerprint density at radius 2 is 2.26 bits per heavy atom. The first-order chi connectivity index (χ1) is 9.19. The number of hydrogen-bond acceptors (Lipinski definition) is 4. The molecule has 0 unspecified atom stereocenters. The highest BCUT2D eigenvalue weighted by molar-refractivity contribution is 5.68. The van der Waals surface area contributed by atoms with Crippen LogP contribution in [0.1, 0.15) is 12.5 Å². The molecule has 0 fully saturated rings. The van der Waals surface area contributed by atoms with Crippen LogP contribution < -0.4 is 14.8 Å². The number of carboxylic acid groups (broad SMARTS) is 1. The Kier molecular flexibility index (Phi) is 6.46. The van der Waals surface area contributed by atoms with Crippen LogP contribution in [0.3, 0.4) is 0 Å². The standard InChI is InChI=1S/C14H19NO4/c1-3-8-15-9-11-6-5-7-12(18-4-2)14(11)19-10-13(16)17/h3,5-7,15H,1,4,8-10H2,2H3,(H,16,17). The topological polar surface area (TPSA) is 67.8 Å². The molecule has 0 atom stereocenters. The molecule has 2 N–H and O–H groups in total. The quantitative estimate of drug-likeness (QED) is 0.526. The zero-order chi connectivity index (χ0) is 14.1. The smallest absolute Gasteiger partial charge is 0.341 e. The molecule has 0 aliphatic carbocycles. The molecular weight excluding hydrogens is 246 g/mol. The van der Waals surface area contributed by atoms with E-state index >= 15 is 0 Å². The summed E-state index contributed by atoms with van der Waals surface area (Å²) in [5.74, 6) is 0.0151. The van der Waals surface area contributed by atoms with E-state index in [1.807, 2.05) is 19.1 Å². The van der Waals surface area contributed by atoms with Gasteiger partial charge in [0.15, 0.2) is 18.1 Å². The molecule has 1 aromatic carbocycles. The molecule has 0 aromatic heterocycles. The summed E-state index contributed by atoms with van der Waals surface area (Å²) in [4.78, 5) is 10.6. The van der Waals surface area contributed by atoms with Crippen molar-refractivity contribution in [3.05, 3.63) is 36.4 Å². The number of para-hydroxylation sites is 1. The van der Waals surface area contributed by atoms with E-state index in [4.69, 9.17) is 14.6 Å². The lowest BCUT2D eigenvalue weighted by Gasteiger charge is -2.15. The number of rotatable bonds is 9. The van der Waals surface area contributed by atoms with Crippen LogP contribution in [0.4, 0.5) is 0 Å². The predicted octanol–water partition coefficient (Wildman–Crippen LogP) is 1.82. The molecule has 0 bridgehead atoms. The van der Waals surface area contributed by atoms with Crippen LogP contribution >= 0.6 is 0 Å². The molecule has 1 aromatic rings. The van der Waals surface area contributed by atoms with Gasteiger partial charge in [0.05, 0.1) is 6.61 Å². The first-order valence-corrected chi connectivity index (χ1v) is 6.10. The van der Waals surface area contributed by atoms with Crippen molar-refractivity contribution < 1.29 is 19.4 Å². The van der Waals surface area contributed by atoms with Crippen molar-refractivity contribution in [1.29, 1.82) is 0 Å². The molecule has 0 radical (unpaired) electrons. The number of aliphatic carboxylic acids is 1. The highest BCUT2D eigenvalue weighted by atomic mass is 16.5. The van der Waals surface area contributed by atoms with Crippen molar-refractivity contribution in [2.24, 2.45) is 0 Å². The van der Waals surface area contributed by atoms with Crippen LogP contribution in [0, 0.1) is 0 Å². The maximum absolute atomic E-state index is 10.6. The Morgan fingerprint density at radius 1 is 1.47 bits per heavy atom. The molecule has 0 saturated heterocycles. The van der Waals surface area contributed by atoms with Gasteiger partial charge in [-0.05, 0) is 13.0 Å². The second kappa shape index (κ2) is 8.16. The molecular formula is C14H19NO4. The van der Waals surface area contributed by atoms with Crippen LogP contribution in [0.15, 0.2) is 30.9 Å². The minimum Gasteiger partial charge on any atom is -0.490 e. The third-order valence-electron chi connectivity index (χ3n) is 2.30. The molecule has 0 amide bonds. The lowest BCUT2D eigenvalue weighted by molar-refractivity contribution is -0.139. The van der Waals surface area contributed by atoms with Crippen molar-refractivity contribution >= 4 is 5.97 Å². The number of hydrogen-bond donors (Lipinski definition) is 2. The minimum atomic E-state index is -1.02. The van der Waals surface area contributed by atoms with E-state index in [0.717, 1.165) is 5.56 Å². The lowest BCUT2D eigenvalue weighted by Crippen LogP contribution is -2.16. The molecule has 5 heteroatoms. The van der Waals surface area contributed by atoms with Gasteiger partial charge in [-0.1, -0.05) is 18.2 Å². The van der Waals surface area contributed by atoms with Crippen LogP contribution in [0.5, 0.6) is 11.5 Å². The number of nitrogens with one attached hydrogen (secondary N) is 1. The first kappa shape index (κ1) is 15.0. The molecule has 0 spiro atoms. The van der Waals surface area contributed by atoms with E-state index in [0.29, 0.717) is 31.2 Å². The van der Waals surface area contributed by atoms with Crippen LogP contribution in [-0.4, -0.2) is 30.8 Å². The van der Waals surface area contributed by atoms with Gasteiger partial charge in [0.2, 0.25) is 0 Å². The monoisotopic (exact) mass is 265 g/mol. The normalized spacial score (nSPS) is 9.95. The van der Waals surface area contributed by atoms with Crippen molar-refractivity contribution in [2.45, 2.75) is 13.5 Å². The van der Waals surface area contributed by atoms with Gasteiger partial charge in [0.1, 0.15) is 0 Å². The second-order valence-electron chi connectivity index (χ2n) is 3.78. The van der Waals surface area contributed by atoms with E-state index in [9.17, 15) is 4.79 Å². The Bertz CT molecular complexity index is 431. The molecule has 0 heterocycles. The summed E-state index contributed by atoms with van der Waals surface area (Å²) in [5, 5.41) is 11.9. The highest BCUT2D eigenvalue weighted by Crippen LogP contribution is 2.31. The highest BCUT2D eigenvalue weighted by Gasteiger charge is 2.12. The molecule has 104 valence electrons. The van der Waals surface area contributed by atoms with Crippen LogP contribution in [0.25, 0.3) is 0 Å². The van der Waals surface area contributed by atoms with Gasteiger partial charge in [0.25, 0.3) is 0 Å². The fourth-order valence-corrected chi connectivity index (χ4v) is 1.58. The zero-order valence-electron chi connectivity index (χ0n) is 11.0. The number of carbonyl (C=O) groups is 1. The van der Waals surface area contributed by atoms with Crippen molar-refractivity contribution in [3.8, 4) is 11.5 Å². The van der Waals surface area contributed by atoms with E-state index < -0.39 is 12.6 Å². The molecule has 0 aliphatic heterocycles. The maximum atomic E-state index is 10.6. The molecule has 0 saturated carbocycles. The lowest BCUT2D eigenvalue weighted by atomic mass is 10.2. The third-order valence-corrected chi connectivity index (χ3v) is 2.30. The summed E-state index contributed by atoms with van der Waals surface area (Å²) >= 11 is 0. The van der Waals surface area contributed by atoms with Gasteiger partial charge in [-0.2, -0.15) is 0 Å². The van der Waals surface area contributed by atoms with Gasteiger partial charge in [0, 0.05) is 18.7 Å². The van der Waals surface area contributed by atoms with Gasteiger partial charge < -0.3 is 19.9 Å². The predicted molar refractivity (Wildman–Crippen MR) is 72.6 cm³/mol. The van der Waals surface area contributed by atoms with Gasteiger partial charge in [-0.15, -0.1) is 6.58 Å². The largest absolute Gasteiger partial charge is 0.490 e. The van der Waals surface area contributed by atoms with Crippen LogP contribution in [-0.2, 0) is 11.3 Å². The Balaban J connectivity index is 2.88. The third kappa shape index (κ3) is 5.01. The number of ether oxygens (including phenoxy) is 2. The summed E-state index contributed by atoms with van der Waals surface area (Å²) in [7, 11) is 0. The average molecular weight is 265 g/mol. The molecule has 1 rings (SSSR count). The van der Waals surface area contributed by atoms with Crippen molar-refractivity contribution in [2.75, 3.05) is 19.8 Å². The second-order valence-corrected chi connectivity index (χ2v) is 3.78. The Labute approximate surface area is 112 Å². The minimum absolute atomic E-state index is 0.390. The van der Waals surface area contributed by atoms with E-state index in [1.165, 1.54) is 0 Å². The van der Waals surface area contributed by atoms with Crippen molar-refractivity contribution in [3.63, 3.8) is 0 Å². The molecule has 5 nitrogen and oxygen atoms in total. The summed E-state index contributed by atoms with van der Waals surface area (Å²) in [6, 6.07) is 5.48. The SMILES string of the molecule is C=CCNCc1cccc(OCC)c1OCC(=O)O. The van der Waals surface area contributed by atoms with Gasteiger partial charge >= 0.3 is 5.97 Å². The van der Waals surface area contributed by atoms with E-state index in [1.54, 1.807) is 12.1 Å².